The Labute approximate surface area is 199 Å². The van der Waals surface area contributed by atoms with Crippen LogP contribution in [0.2, 0.25) is 0 Å². The maximum Gasteiger partial charge on any atom is 0.407 e. The van der Waals surface area contributed by atoms with Crippen molar-refractivity contribution in [2.75, 3.05) is 19.7 Å². The molecule has 7 heteroatoms. The highest BCUT2D eigenvalue weighted by atomic mass is 16.5. The van der Waals surface area contributed by atoms with E-state index in [1.54, 1.807) is 4.90 Å². The summed E-state index contributed by atoms with van der Waals surface area (Å²) in [5.41, 5.74) is 4.73. The number of rotatable bonds is 5. The minimum atomic E-state index is -0.777. The SMILES string of the molecule is O=C(N[C@H]1CC[C@@H](C(=O)N2CCC(C(=O)O)CC2)C1)OCC1c2ccccc2-c2ccccc21. The van der Waals surface area contributed by atoms with Crippen LogP contribution in [0.15, 0.2) is 48.5 Å². The largest absolute Gasteiger partial charge is 0.481 e. The van der Waals surface area contributed by atoms with Gasteiger partial charge in [-0.2, -0.15) is 0 Å². The normalized spacial score (nSPS) is 22.2. The van der Waals surface area contributed by atoms with E-state index >= 15 is 0 Å². The molecule has 0 radical (unpaired) electrons. The average molecular weight is 463 g/mol. The lowest BCUT2D eigenvalue weighted by molar-refractivity contribution is -0.146. The Balaban J connectivity index is 1.12. The number of nitrogens with zero attached hydrogens (tertiary/aromatic N) is 1. The third-order valence-corrected chi connectivity index (χ3v) is 7.60. The van der Waals surface area contributed by atoms with E-state index in [4.69, 9.17) is 9.84 Å². The van der Waals surface area contributed by atoms with Crippen molar-refractivity contribution in [1.29, 1.82) is 0 Å². The van der Waals surface area contributed by atoms with E-state index in [1.807, 2.05) is 24.3 Å². The molecule has 1 heterocycles. The number of carboxylic acids is 1. The van der Waals surface area contributed by atoms with Gasteiger partial charge in [-0.25, -0.2) is 4.79 Å². The number of nitrogens with one attached hydrogen (secondary N) is 1. The molecule has 2 aromatic carbocycles. The van der Waals surface area contributed by atoms with Crippen molar-refractivity contribution in [3.05, 3.63) is 59.7 Å². The molecule has 178 valence electrons. The van der Waals surface area contributed by atoms with Crippen LogP contribution in [0, 0.1) is 11.8 Å². The van der Waals surface area contributed by atoms with Gasteiger partial charge in [0.2, 0.25) is 5.91 Å². The number of piperidine rings is 1. The average Bonchev–Trinajstić information content (AvgIpc) is 3.45. The molecule has 2 atom stereocenters. The summed E-state index contributed by atoms with van der Waals surface area (Å²) >= 11 is 0. The summed E-state index contributed by atoms with van der Waals surface area (Å²) in [5, 5.41) is 12.1. The van der Waals surface area contributed by atoms with Crippen molar-refractivity contribution in [2.24, 2.45) is 11.8 Å². The molecule has 2 fully saturated rings. The Bertz CT molecular complexity index is 1050. The van der Waals surface area contributed by atoms with E-state index < -0.39 is 12.1 Å². The fourth-order valence-electron chi connectivity index (χ4n) is 5.75. The number of carbonyl (C=O) groups is 3. The summed E-state index contributed by atoms with van der Waals surface area (Å²) in [5.74, 6) is -1.15. The Kier molecular flexibility index (Phi) is 6.26. The van der Waals surface area contributed by atoms with E-state index in [1.165, 1.54) is 22.3 Å². The molecule has 0 unspecified atom stereocenters. The summed E-state index contributed by atoms with van der Waals surface area (Å²) in [6.45, 7) is 1.26. The molecule has 2 aliphatic carbocycles. The van der Waals surface area contributed by atoms with Crippen molar-refractivity contribution in [2.45, 2.75) is 44.1 Å². The molecule has 7 nitrogen and oxygen atoms in total. The molecule has 2 aromatic rings. The van der Waals surface area contributed by atoms with Gasteiger partial charge in [-0.15, -0.1) is 0 Å². The number of amides is 2. The van der Waals surface area contributed by atoms with Crippen LogP contribution in [0.1, 0.15) is 49.1 Å². The summed E-state index contributed by atoms with van der Waals surface area (Å²) in [7, 11) is 0. The summed E-state index contributed by atoms with van der Waals surface area (Å²) in [6.07, 6.45) is 2.65. The number of hydrogen-bond donors (Lipinski definition) is 2. The highest BCUT2D eigenvalue weighted by Gasteiger charge is 2.36. The molecular weight excluding hydrogens is 432 g/mol. The maximum atomic E-state index is 12.9. The fraction of sp³-hybridized carbons (Fsp3) is 0.444. The zero-order valence-corrected chi connectivity index (χ0v) is 19.1. The number of aliphatic carboxylic acids is 1. The molecule has 0 bridgehead atoms. The highest BCUT2D eigenvalue weighted by Crippen LogP contribution is 2.44. The van der Waals surface area contributed by atoms with Crippen LogP contribution >= 0.6 is 0 Å². The molecular formula is C27H30N2O5. The van der Waals surface area contributed by atoms with E-state index in [0.29, 0.717) is 32.4 Å². The molecule has 0 aromatic heterocycles. The molecule has 1 aliphatic heterocycles. The third-order valence-electron chi connectivity index (χ3n) is 7.60. The minimum Gasteiger partial charge on any atom is -0.481 e. The number of likely N-dealkylation sites (tertiary alicyclic amines) is 1. The van der Waals surface area contributed by atoms with Gasteiger partial charge in [0.25, 0.3) is 0 Å². The van der Waals surface area contributed by atoms with Crippen molar-refractivity contribution in [1.82, 2.24) is 10.2 Å². The van der Waals surface area contributed by atoms with Gasteiger partial charge in [0.1, 0.15) is 6.61 Å². The van der Waals surface area contributed by atoms with E-state index in [0.717, 1.165) is 12.8 Å². The lowest BCUT2D eigenvalue weighted by Gasteiger charge is -2.32. The maximum absolute atomic E-state index is 12.9. The van der Waals surface area contributed by atoms with Gasteiger partial charge in [-0.1, -0.05) is 48.5 Å². The number of fused-ring (bicyclic) bond motifs is 3. The second kappa shape index (κ2) is 9.49. The predicted octanol–water partition coefficient (Wildman–Crippen LogP) is 4.02. The molecule has 5 rings (SSSR count). The lowest BCUT2D eigenvalue weighted by Crippen LogP contribution is -2.43. The van der Waals surface area contributed by atoms with Crippen LogP contribution in [0.5, 0.6) is 0 Å². The van der Waals surface area contributed by atoms with Gasteiger partial charge in [0, 0.05) is 31.0 Å². The standard InChI is InChI=1S/C27H30N2O5/c30-25(29-13-11-17(12-14-29)26(31)32)18-9-10-19(15-18)28-27(33)34-16-24-22-7-3-1-5-20(22)21-6-2-4-8-23(21)24/h1-8,17-19,24H,9-16H2,(H,28,33)(H,31,32)/t18-,19+/m1/s1. The van der Waals surface area contributed by atoms with Crippen LogP contribution in [0.25, 0.3) is 11.1 Å². The second-order valence-corrected chi connectivity index (χ2v) is 9.61. The summed E-state index contributed by atoms with van der Waals surface area (Å²) in [4.78, 5) is 38.4. The number of carboxylic acid groups (broad SMARTS) is 1. The van der Waals surface area contributed by atoms with E-state index in [9.17, 15) is 14.4 Å². The van der Waals surface area contributed by atoms with Gasteiger partial charge in [-0.3, -0.25) is 9.59 Å². The van der Waals surface area contributed by atoms with Crippen LogP contribution in [0.4, 0.5) is 4.79 Å². The van der Waals surface area contributed by atoms with E-state index in [2.05, 4.69) is 29.6 Å². The Hall–Kier alpha value is -3.35. The Morgan fingerprint density at radius 1 is 0.882 bits per heavy atom. The fourth-order valence-corrected chi connectivity index (χ4v) is 5.75. The van der Waals surface area contributed by atoms with Crippen LogP contribution in [0.3, 0.4) is 0 Å². The number of alkyl carbamates (subject to hydrolysis) is 1. The quantitative estimate of drug-likeness (QED) is 0.700. The van der Waals surface area contributed by atoms with E-state index in [-0.39, 0.29) is 36.3 Å². The second-order valence-electron chi connectivity index (χ2n) is 9.61. The van der Waals surface area contributed by atoms with Gasteiger partial charge in [0.15, 0.2) is 0 Å². The first-order valence-corrected chi connectivity index (χ1v) is 12.1. The number of benzene rings is 2. The smallest absolute Gasteiger partial charge is 0.407 e. The Morgan fingerprint density at radius 2 is 1.50 bits per heavy atom. The third kappa shape index (κ3) is 4.39. The predicted molar refractivity (Wildman–Crippen MR) is 126 cm³/mol. The molecule has 0 spiro atoms. The number of hydrogen-bond acceptors (Lipinski definition) is 4. The van der Waals surface area contributed by atoms with Crippen LogP contribution < -0.4 is 5.32 Å². The van der Waals surface area contributed by atoms with Crippen molar-refractivity contribution in [3.8, 4) is 11.1 Å². The molecule has 1 saturated heterocycles. The number of carbonyl (C=O) groups excluding carboxylic acids is 2. The van der Waals surface area contributed by atoms with Gasteiger partial charge < -0.3 is 20.1 Å². The zero-order chi connectivity index (χ0) is 23.7. The highest BCUT2D eigenvalue weighted by molar-refractivity contribution is 5.80. The zero-order valence-electron chi connectivity index (χ0n) is 19.1. The van der Waals surface area contributed by atoms with Crippen molar-refractivity contribution in [3.63, 3.8) is 0 Å². The monoisotopic (exact) mass is 462 g/mol. The molecule has 34 heavy (non-hydrogen) atoms. The van der Waals surface area contributed by atoms with Crippen molar-refractivity contribution >= 4 is 18.0 Å². The van der Waals surface area contributed by atoms with Crippen molar-refractivity contribution < 1.29 is 24.2 Å². The van der Waals surface area contributed by atoms with Gasteiger partial charge in [0.05, 0.1) is 5.92 Å². The first-order valence-electron chi connectivity index (χ1n) is 12.1. The lowest BCUT2D eigenvalue weighted by atomic mass is 9.95. The summed E-state index contributed by atoms with van der Waals surface area (Å²) in [6, 6.07) is 16.4. The van der Waals surface area contributed by atoms with Crippen LogP contribution in [-0.4, -0.2) is 53.7 Å². The van der Waals surface area contributed by atoms with Gasteiger partial charge >= 0.3 is 12.1 Å². The summed E-state index contributed by atoms with van der Waals surface area (Å²) < 4.78 is 5.65. The first-order chi connectivity index (χ1) is 16.5. The topological polar surface area (TPSA) is 95.9 Å². The van der Waals surface area contributed by atoms with Crippen LogP contribution in [-0.2, 0) is 14.3 Å². The number of ether oxygens (including phenoxy) is 1. The molecule has 3 aliphatic rings. The molecule has 2 amide bonds. The van der Waals surface area contributed by atoms with Gasteiger partial charge in [-0.05, 0) is 54.4 Å². The Morgan fingerprint density at radius 3 is 2.12 bits per heavy atom. The minimum absolute atomic E-state index is 0.0183. The first kappa shape index (κ1) is 22.4. The molecule has 1 saturated carbocycles. The molecule has 2 N–H and O–H groups in total.